The summed E-state index contributed by atoms with van der Waals surface area (Å²) >= 11 is 0. The zero-order chi connectivity index (χ0) is 16.8. The van der Waals surface area contributed by atoms with Crippen molar-refractivity contribution in [2.24, 2.45) is 11.8 Å². The topological polar surface area (TPSA) is 84.1 Å². The number of hydrogen-bond acceptors (Lipinski definition) is 5. The van der Waals surface area contributed by atoms with Crippen molar-refractivity contribution in [1.29, 1.82) is 0 Å². The Bertz CT molecular complexity index is 532. The summed E-state index contributed by atoms with van der Waals surface area (Å²) in [4.78, 5) is 22.7. The molecule has 0 bridgehead atoms. The predicted octanol–water partition coefficient (Wildman–Crippen LogP) is 1.86. The number of likely N-dealkylation sites (tertiary alicyclic amines) is 1. The lowest BCUT2D eigenvalue weighted by molar-refractivity contribution is 0.0944. The molecule has 23 heavy (non-hydrogen) atoms. The number of anilines is 1. The van der Waals surface area contributed by atoms with E-state index in [4.69, 9.17) is 5.73 Å². The summed E-state index contributed by atoms with van der Waals surface area (Å²) in [5.74, 6) is 1.47. The van der Waals surface area contributed by atoms with Gasteiger partial charge in [0.1, 0.15) is 0 Å². The van der Waals surface area contributed by atoms with Crippen molar-refractivity contribution in [3.8, 4) is 0 Å². The normalized spacial score (nSPS) is 19.0. The summed E-state index contributed by atoms with van der Waals surface area (Å²) in [6.45, 7) is 10.5. The summed E-state index contributed by atoms with van der Waals surface area (Å²) in [6.07, 6.45) is 5.04. The van der Waals surface area contributed by atoms with E-state index in [-0.39, 0.29) is 11.9 Å². The second-order valence-corrected chi connectivity index (χ2v) is 6.93. The minimum atomic E-state index is -0.114. The highest BCUT2D eigenvalue weighted by Gasteiger charge is 2.20. The van der Waals surface area contributed by atoms with Crippen molar-refractivity contribution < 1.29 is 4.79 Å². The highest BCUT2D eigenvalue weighted by molar-refractivity contribution is 5.94. The van der Waals surface area contributed by atoms with Crippen LogP contribution in [0.3, 0.4) is 0 Å². The largest absolute Gasteiger partial charge is 0.368 e. The molecule has 0 radical (unpaired) electrons. The second kappa shape index (κ2) is 8.24. The van der Waals surface area contributed by atoms with Crippen LogP contribution >= 0.6 is 0 Å². The molecule has 6 nitrogen and oxygen atoms in total. The lowest BCUT2D eigenvalue weighted by Crippen LogP contribution is -2.39. The van der Waals surface area contributed by atoms with Crippen molar-refractivity contribution >= 4 is 11.9 Å². The van der Waals surface area contributed by atoms with Gasteiger partial charge in [0.2, 0.25) is 5.95 Å². The first-order valence-corrected chi connectivity index (χ1v) is 8.55. The van der Waals surface area contributed by atoms with E-state index in [9.17, 15) is 4.79 Å². The van der Waals surface area contributed by atoms with E-state index in [0.29, 0.717) is 29.6 Å². The van der Waals surface area contributed by atoms with Crippen LogP contribution in [-0.4, -0.2) is 47.0 Å². The number of carbonyl (C=O) groups excluding carboxylic acids is 1. The molecular weight excluding hydrogens is 290 g/mol. The van der Waals surface area contributed by atoms with Crippen LogP contribution in [0.25, 0.3) is 0 Å². The molecule has 0 saturated carbocycles. The average Bonchev–Trinajstić information content (AvgIpc) is 2.46. The molecule has 0 unspecified atom stereocenters. The lowest BCUT2D eigenvalue weighted by atomic mass is 9.94. The number of amides is 1. The van der Waals surface area contributed by atoms with Gasteiger partial charge in [-0.25, -0.2) is 9.97 Å². The Morgan fingerprint density at radius 3 is 3.00 bits per heavy atom. The molecule has 6 heteroatoms. The number of nitrogens with one attached hydrogen (secondary N) is 1. The minimum absolute atomic E-state index is 0.114. The standard InChI is InChI=1S/C17H29N5O/c1-12(2)10-22-8-4-5-14(11-22)6-7-19-16(23)15-9-20-17(18)21-13(15)3/h9,12,14H,4-8,10-11H2,1-3H3,(H,19,23)(H2,18,20,21)/t14-/m1/s1. The number of nitrogen functional groups attached to an aromatic ring is 1. The molecule has 2 heterocycles. The molecule has 1 aromatic heterocycles. The van der Waals surface area contributed by atoms with Crippen molar-refractivity contribution in [3.63, 3.8) is 0 Å². The molecule has 2 rings (SSSR count). The van der Waals surface area contributed by atoms with Crippen LogP contribution in [0, 0.1) is 18.8 Å². The molecule has 1 fully saturated rings. The molecule has 128 valence electrons. The molecular formula is C17H29N5O. The molecule has 0 spiro atoms. The Labute approximate surface area is 138 Å². The number of hydrogen-bond donors (Lipinski definition) is 2. The average molecular weight is 319 g/mol. The number of rotatable bonds is 6. The van der Waals surface area contributed by atoms with Gasteiger partial charge in [0.15, 0.2) is 0 Å². The summed E-state index contributed by atoms with van der Waals surface area (Å²) in [5.41, 5.74) is 6.64. The maximum atomic E-state index is 12.2. The molecule has 1 atom stereocenters. The fraction of sp³-hybridized carbons (Fsp3) is 0.706. The number of carbonyl (C=O) groups is 1. The van der Waals surface area contributed by atoms with Gasteiger partial charge >= 0.3 is 0 Å². The Hall–Kier alpha value is -1.69. The van der Waals surface area contributed by atoms with E-state index in [2.05, 4.69) is 34.0 Å². The highest BCUT2D eigenvalue weighted by atomic mass is 16.1. The van der Waals surface area contributed by atoms with Crippen LogP contribution in [0.1, 0.15) is 49.2 Å². The van der Waals surface area contributed by atoms with Crippen LogP contribution in [0.2, 0.25) is 0 Å². The lowest BCUT2D eigenvalue weighted by Gasteiger charge is -2.33. The van der Waals surface area contributed by atoms with E-state index < -0.39 is 0 Å². The maximum Gasteiger partial charge on any atom is 0.254 e. The Morgan fingerprint density at radius 2 is 2.30 bits per heavy atom. The number of aryl methyl sites for hydroxylation is 1. The second-order valence-electron chi connectivity index (χ2n) is 6.93. The van der Waals surface area contributed by atoms with E-state index in [1.165, 1.54) is 32.1 Å². The zero-order valence-electron chi connectivity index (χ0n) is 14.5. The van der Waals surface area contributed by atoms with Crippen LogP contribution in [0.5, 0.6) is 0 Å². The van der Waals surface area contributed by atoms with Crippen molar-refractivity contribution in [2.45, 2.75) is 40.0 Å². The number of aromatic nitrogens is 2. The Kier molecular flexibility index (Phi) is 6.33. The van der Waals surface area contributed by atoms with Crippen molar-refractivity contribution in [1.82, 2.24) is 20.2 Å². The van der Waals surface area contributed by atoms with Gasteiger partial charge in [-0.3, -0.25) is 4.79 Å². The van der Waals surface area contributed by atoms with Gasteiger partial charge in [-0.2, -0.15) is 0 Å². The first kappa shape index (κ1) is 17.7. The van der Waals surface area contributed by atoms with Crippen LogP contribution in [-0.2, 0) is 0 Å². The summed E-state index contributed by atoms with van der Waals surface area (Å²) in [6, 6.07) is 0. The smallest absolute Gasteiger partial charge is 0.254 e. The highest BCUT2D eigenvalue weighted by Crippen LogP contribution is 2.20. The monoisotopic (exact) mass is 319 g/mol. The summed E-state index contributed by atoms with van der Waals surface area (Å²) in [5, 5.41) is 2.98. The fourth-order valence-electron chi connectivity index (χ4n) is 3.26. The third-order valence-electron chi connectivity index (χ3n) is 4.31. The predicted molar refractivity (Wildman–Crippen MR) is 92.1 cm³/mol. The third-order valence-corrected chi connectivity index (χ3v) is 4.31. The van der Waals surface area contributed by atoms with Crippen LogP contribution in [0.15, 0.2) is 6.20 Å². The van der Waals surface area contributed by atoms with E-state index in [0.717, 1.165) is 13.0 Å². The van der Waals surface area contributed by atoms with E-state index in [1.54, 1.807) is 6.92 Å². The van der Waals surface area contributed by atoms with Gasteiger partial charge < -0.3 is 16.0 Å². The van der Waals surface area contributed by atoms with E-state index >= 15 is 0 Å². The molecule has 0 aliphatic carbocycles. The zero-order valence-corrected chi connectivity index (χ0v) is 14.5. The van der Waals surface area contributed by atoms with Crippen LogP contribution < -0.4 is 11.1 Å². The van der Waals surface area contributed by atoms with E-state index in [1.807, 2.05) is 0 Å². The molecule has 1 amide bonds. The fourth-order valence-corrected chi connectivity index (χ4v) is 3.26. The molecule has 0 aromatic carbocycles. The van der Waals surface area contributed by atoms with Gasteiger partial charge in [-0.15, -0.1) is 0 Å². The van der Waals surface area contributed by atoms with Crippen molar-refractivity contribution in [3.05, 3.63) is 17.5 Å². The maximum absolute atomic E-state index is 12.2. The summed E-state index contributed by atoms with van der Waals surface area (Å²) in [7, 11) is 0. The van der Waals surface area contributed by atoms with Crippen LogP contribution in [0.4, 0.5) is 5.95 Å². The Morgan fingerprint density at radius 1 is 1.52 bits per heavy atom. The first-order valence-electron chi connectivity index (χ1n) is 8.55. The number of nitrogens with two attached hydrogens (primary N) is 1. The van der Waals surface area contributed by atoms with Gasteiger partial charge in [-0.05, 0) is 44.6 Å². The van der Waals surface area contributed by atoms with Crippen molar-refractivity contribution in [2.75, 3.05) is 31.9 Å². The van der Waals surface area contributed by atoms with Gasteiger partial charge in [0.25, 0.3) is 5.91 Å². The Balaban J connectivity index is 1.77. The molecule has 3 N–H and O–H groups in total. The molecule has 1 aromatic rings. The molecule has 1 aliphatic rings. The molecule has 1 aliphatic heterocycles. The quantitative estimate of drug-likeness (QED) is 0.836. The SMILES string of the molecule is Cc1nc(N)ncc1C(=O)NCC[C@H]1CCCN(CC(C)C)C1. The van der Waals surface area contributed by atoms with Gasteiger partial charge in [0, 0.05) is 25.8 Å². The number of piperidine rings is 1. The van der Waals surface area contributed by atoms with Gasteiger partial charge in [-0.1, -0.05) is 13.8 Å². The summed E-state index contributed by atoms with van der Waals surface area (Å²) < 4.78 is 0. The number of nitrogens with zero attached hydrogens (tertiary/aromatic N) is 3. The first-order chi connectivity index (χ1) is 11.0. The van der Waals surface area contributed by atoms with Gasteiger partial charge in [0.05, 0.1) is 11.3 Å². The minimum Gasteiger partial charge on any atom is -0.368 e. The molecule has 1 saturated heterocycles. The third kappa shape index (κ3) is 5.46.